The summed E-state index contributed by atoms with van der Waals surface area (Å²) >= 11 is 0. The van der Waals surface area contributed by atoms with E-state index in [1.54, 1.807) is 23.5 Å². The molecule has 0 aromatic carbocycles. The highest BCUT2D eigenvalue weighted by Crippen LogP contribution is 2.40. The van der Waals surface area contributed by atoms with Crippen LogP contribution in [0.15, 0.2) is 73.6 Å². The topological polar surface area (TPSA) is 185 Å². The number of halogens is 2. The van der Waals surface area contributed by atoms with E-state index in [0.29, 0.717) is 66.4 Å². The van der Waals surface area contributed by atoms with E-state index in [-0.39, 0.29) is 25.6 Å². The molecule has 0 unspecified atom stereocenters. The lowest BCUT2D eigenvalue weighted by molar-refractivity contribution is 0.121. The van der Waals surface area contributed by atoms with Crippen LogP contribution < -0.4 is 25.8 Å². The molecule has 10 heterocycles. The molecule has 8 aromatic rings. The van der Waals surface area contributed by atoms with Crippen molar-refractivity contribution in [1.29, 1.82) is 0 Å². The average molecular weight is 939 g/mol. The van der Waals surface area contributed by atoms with Gasteiger partial charge in [0, 0.05) is 111 Å². The van der Waals surface area contributed by atoms with Gasteiger partial charge in [0.05, 0.1) is 30.9 Å². The van der Waals surface area contributed by atoms with Gasteiger partial charge in [-0.2, -0.15) is 18.7 Å². The van der Waals surface area contributed by atoms with E-state index in [1.165, 1.54) is 19.5 Å². The molecule has 358 valence electrons. The summed E-state index contributed by atoms with van der Waals surface area (Å²) in [7, 11) is 1.40. The minimum Gasteiger partial charge on any atom is -0.453 e. The van der Waals surface area contributed by atoms with Gasteiger partial charge in [-0.05, 0) is 62.1 Å². The van der Waals surface area contributed by atoms with Crippen molar-refractivity contribution in [1.82, 2.24) is 59.2 Å². The van der Waals surface area contributed by atoms with E-state index in [1.807, 2.05) is 45.7 Å². The Labute approximate surface area is 397 Å². The number of fused-ring (bicyclic) bond motifs is 6. The highest BCUT2D eigenvalue weighted by atomic mass is 19.1. The number of hydrogen-bond acceptors (Lipinski definition) is 15. The Hall–Kier alpha value is -7.35. The zero-order valence-corrected chi connectivity index (χ0v) is 37.8. The van der Waals surface area contributed by atoms with E-state index in [4.69, 9.17) is 14.7 Å². The highest BCUT2D eigenvalue weighted by molar-refractivity contribution is 6.07. The minimum absolute atomic E-state index is 0. The molecule has 20 heteroatoms. The number of anilines is 6. The maximum absolute atomic E-state index is 14.8. The number of carbonyl (C=O) groups excluding carboxylic acids is 1. The number of aromatic nitrogens is 10. The fraction of sp³-hybridized carbons (Fsp3) is 0.408. The number of amides is 1. The molecule has 0 spiro atoms. The first kappa shape index (κ1) is 45.4. The molecule has 4 aliphatic rings. The molecule has 18 nitrogen and oxygen atoms in total. The molecular formula is C49H56F2N16O2. The molecule has 2 aliphatic carbocycles. The largest absolute Gasteiger partial charge is 0.453 e. The van der Waals surface area contributed by atoms with Crippen LogP contribution >= 0.6 is 0 Å². The predicted octanol–water partition coefficient (Wildman–Crippen LogP) is 8.68. The minimum atomic E-state index is -0.475. The molecule has 2 saturated heterocycles. The van der Waals surface area contributed by atoms with Crippen molar-refractivity contribution in [3.63, 3.8) is 0 Å². The van der Waals surface area contributed by atoms with Crippen molar-refractivity contribution in [3.8, 4) is 0 Å². The van der Waals surface area contributed by atoms with Crippen LogP contribution in [0.4, 0.5) is 48.5 Å². The molecule has 2 aliphatic heterocycles. The van der Waals surface area contributed by atoms with Gasteiger partial charge >= 0.3 is 6.09 Å². The summed E-state index contributed by atoms with van der Waals surface area (Å²) in [4.78, 5) is 53.4. The molecule has 1 amide bonds. The predicted molar refractivity (Wildman–Crippen MR) is 264 cm³/mol. The van der Waals surface area contributed by atoms with Gasteiger partial charge in [-0.3, -0.25) is 0 Å². The van der Waals surface area contributed by atoms with Gasteiger partial charge in [-0.25, -0.2) is 34.7 Å². The third-order valence-corrected chi connectivity index (χ3v) is 13.7. The Kier molecular flexibility index (Phi) is 13.0. The average Bonchev–Trinajstić information content (AvgIpc) is 4.22. The van der Waals surface area contributed by atoms with Gasteiger partial charge in [0.15, 0.2) is 0 Å². The standard InChI is InChI=1S/C25H27FN8O2.C23H25FN8.CH4/c1-36-25(35)33-12-10-32(11-13-33)17-6-7-20(28-14-17)30-24-29-15-19-18-8-9-27-22(26)21(18)34(23(19)31-24)16-4-2-3-5-16;24-21-20-17(7-8-26-21)18-14-28-23(30-22(18)32(20)15-3-1-2-4-15)29-19-6-5-16(13-27-19)31-11-9-25-10-12-31;/h6-9,14-16H,2-5,10-13H2,1H3,(H,28,29,30,31);5-8,13-15,25H,1-4,9-12H2,(H,27,28,29,30);1H4. The van der Waals surface area contributed by atoms with Crippen molar-refractivity contribution in [3.05, 3.63) is 85.5 Å². The van der Waals surface area contributed by atoms with Crippen LogP contribution in [-0.2, 0) is 4.74 Å². The fourth-order valence-electron chi connectivity index (χ4n) is 10.3. The number of carbonyl (C=O) groups is 1. The molecule has 0 radical (unpaired) electrons. The number of pyridine rings is 4. The Balaban J connectivity index is 0.000000159. The summed E-state index contributed by atoms with van der Waals surface area (Å²) in [6, 6.07) is 12.0. The maximum atomic E-state index is 14.8. The molecule has 69 heavy (non-hydrogen) atoms. The van der Waals surface area contributed by atoms with Gasteiger partial charge in [0.25, 0.3) is 0 Å². The van der Waals surface area contributed by atoms with Crippen molar-refractivity contribution in [2.45, 2.75) is 70.9 Å². The molecule has 0 atom stereocenters. The summed E-state index contributed by atoms with van der Waals surface area (Å²) in [5.74, 6) is 1.23. The van der Waals surface area contributed by atoms with Crippen molar-refractivity contribution in [2.75, 3.05) is 79.9 Å². The van der Waals surface area contributed by atoms with Gasteiger partial charge in [0.2, 0.25) is 23.8 Å². The summed E-state index contributed by atoms with van der Waals surface area (Å²) in [5, 5.41) is 13.0. The van der Waals surface area contributed by atoms with Crippen LogP contribution in [0.2, 0.25) is 0 Å². The van der Waals surface area contributed by atoms with Gasteiger partial charge < -0.3 is 44.5 Å². The molecule has 0 bridgehead atoms. The zero-order valence-electron chi connectivity index (χ0n) is 37.8. The number of hydrogen-bond donors (Lipinski definition) is 3. The number of methoxy groups -OCH3 is 1. The Morgan fingerprint density at radius 1 is 0.594 bits per heavy atom. The Morgan fingerprint density at radius 2 is 1.06 bits per heavy atom. The van der Waals surface area contributed by atoms with Crippen molar-refractivity contribution >= 4 is 84.9 Å². The number of nitrogens with zero attached hydrogens (tertiary/aromatic N) is 13. The Bertz CT molecular complexity index is 3080. The second-order valence-electron chi connectivity index (χ2n) is 17.7. The van der Waals surface area contributed by atoms with E-state index in [9.17, 15) is 13.6 Å². The monoisotopic (exact) mass is 938 g/mol. The SMILES string of the molecule is C.COC(=O)N1CCN(c2ccc(Nc3ncc4c5ccnc(F)c5n(C5CCCC5)c4n3)nc2)CC1.Fc1nccc2c3cnc(Nc4ccc(N5CCNCC5)cn4)nc3n(C3CCCC3)c12. The lowest BCUT2D eigenvalue weighted by Crippen LogP contribution is -2.48. The first-order chi connectivity index (χ1) is 33.4. The number of nitrogens with one attached hydrogen (secondary N) is 3. The summed E-state index contributed by atoms with van der Waals surface area (Å²) in [5.41, 5.74) is 4.57. The second kappa shape index (κ2) is 19.7. The van der Waals surface area contributed by atoms with Gasteiger partial charge in [-0.15, -0.1) is 0 Å². The lowest BCUT2D eigenvalue weighted by atomic mass is 10.2. The van der Waals surface area contributed by atoms with Crippen molar-refractivity contribution in [2.24, 2.45) is 0 Å². The molecule has 4 fully saturated rings. The van der Waals surface area contributed by atoms with Gasteiger partial charge in [0.1, 0.15) is 34.0 Å². The van der Waals surface area contributed by atoms with Crippen LogP contribution in [0, 0.1) is 11.9 Å². The molecule has 12 rings (SSSR count). The van der Waals surface area contributed by atoms with Crippen LogP contribution in [0.25, 0.3) is 43.9 Å². The molecular weight excluding hydrogens is 883 g/mol. The third kappa shape index (κ3) is 8.95. The number of rotatable bonds is 8. The highest BCUT2D eigenvalue weighted by Gasteiger charge is 2.28. The van der Waals surface area contributed by atoms with E-state index in [2.05, 4.69) is 61.7 Å². The Morgan fingerprint density at radius 3 is 1.49 bits per heavy atom. The molecule has 3 N–H and O–H groups in total. The number of piperazine rings is 2. The first-order valence-corrected chi connectivity index (χ1v) is 23.5. The van der Waals surface area contributed by atoms with Crippen LogP contribution in [-0.4, -0.2) is 119 Å². The van der Waals surface area contributed by atoms with E-state index in [0.717, 1.165) is 116 Å². The van der Waals surface area contributed by atoms with E-state index >= 15 is 0 Å². The normalized spacial score (nSPS) is 16.8. The lowest BCUT2D eigenvalue weighted by Gasteiger charge is -2.35. The maximum Gasteiger partial charge on any atom is 0.409 e. The smallest absolute Gasteiger partial charge is 0.409 e. The second-order valence-corrected chi connectivity index (χ2v) is 17.7. The van der Waals surface area contributed by atoms with Crippen LogP contribution in [0.3, 0.4) is 0 Å². The summed E-state index contributed by atoms with van der Waals surface area (Å²) in [6.45, 7) is 6.55. The molecule has 8 aromatic heterocycles. The first-order valence-electron chi connectivity index (χ1n) is 23.5. The zero-order chi connectivity index (χ0) is 46.1. The van der Waals surface area contributed by atoms with Crippen LogP contribution in [0.5, 0.6) is 0 Å². The van der Waals surface area contributed by atoms with Gasteiger partial charge in [-0.1, -0.05) is 33.1 Å². The summed E-state index contributed by atoms with van der Waals surface area (Å²) in [6.07, 6.45) is 18.5. The summed E-state index contributed by atoms with van der Waals surface area (Å²) < 4.78 is 38.4. The third-order valence-electron chi connectivity index (χ3n) is 13.7. The van der Waals surface area contributed by atoms with E-state index < -0.39 is 11.9 Å². The number of ether oxygens (including phenoxy) is 1. The quantitative estimate of drug-likeness (QED) is 0.123. The van der Waals surface area contributed by atoms with Crippen molar-refractivity contribution < 1.29 is 18.3 Å². The fourth-order valence-corrected chi connectivity index (χ4v) is 10.3. The van der Waals surface area contributed by atoms with Crippen LogP contribution in [0.1, 0.15) is 70.9 Å². The molecule has 2 saturated carbocycles.